The summed E-state index contributed by atoms with van der Waals surface area (Å²) in [6, 6.07) is 6.49. The second-order valence-electron chi connectivity index (χ2n) is 9.49. The monoisotopic (exact) mass is 369 g/mol. The Morgan fingerprint density at radius 1 is 1.11 bits per heavy atom. The minimum absolute atomic E-state index is 0.398. The first-order valence-corrected chi connectivity index (χ1v) is 11.0. The van der Waals surface area contributed by atoms with Gasteiger partial charge in [0.2, 0.25) is 0 Å². The lowest BCUT2D eigenvalue weighted by molar-refractivity contribution is 0.225. The van der Waals surface area contributed by atoms with Gasteiger partial charge in [-0.25, -0.2) is 0 Å². The van der Waals surface area contributed by atoms with Gasteiger partial charge in [-0.2, -0.15) is 0 Å². The number of nitrogens with zero attached hydrogens (tertiary/aromatic N) is 2. The summed E-state index contributed by atoms with van der Waals surface area (Å²) in [4.78, 5) is 5.14. The Kier molecular flexibility index (Phi) is 6.52. The molecule has 1 aromatic rings. The minimum Gasteiger partial charge on any atom is -0.397 e. The van der Waals surface area contributed by atoms with Crippen LogP contribution in [0.5, 0.6) is 0 Å². The van der Waals surface area contributed by atoms with E-state index in [4.69, 9.17) is 5.73 Å². The van der Waals surface area contributed by atoms with Crippen molar-refractivity contribution in [2.75, 3.05) is 43.4 Å². The average molecular weight is 370 g/mol. The Morgan fingerprint density at radius 2 is 1.85 bits per heavy atom. The molecular weight excluding hydrogens is 330 g/mol. The van der Waals surface area contributed by atoms with Gasteiger partial charge in [-0.1, -0.05) is 52.3 Å². The third-order valence-corrected chi connectivity index (χ3v) is 6.57. The predicted octanol–water partition coefficient (Wildman–Crippen LogP) is 5.42. The fourth-order valence-corrected chi connectivity index (χ4v) is 4.62. The Balaban J connectivity index is 1.76. The van der Waals surface area contributed by atoms with Crippen molar-refractivity contribution in [3.8, 4) is 0 Å². The molecule has 27 heavy (non-hydrogen) atoms. The van der Waals surface area contributed by atoms with Gasteiger partial charge in [-0.3, -0.25) is 4.90 Å². The number of benzene rings is 1. The molecule has 1 aromatic carbocycles. The number of anilines is 2. The van der Waals surface area contributed by atoms with Crippen molar-refractivity contribution in [2.24, 2.45) is 11.3 Å². The molecule has 150 valence electrons. The van der Waals surface area contributed by atoms with Crippen molar-refractivity contribution < 1.29 is 0 Å². The topological polar surface area (TPSA) is 32.5 Å². The van der Waals surface area contributed by atoms with Crippen LogP contribution in [0, 0.1) is 11.3 Å². The molecule has 0 spiro atoms. The summed E-state index contributed by atoms with van der Waals surface area (Å²) in [7, 11) is 0. The molecule has 2 aliphatic rings. The molecule has 1 fully saturated rings. The number of hydrogen-bond acceptors (Lipinski definition) is 3. The van der Waals surface area contributed by atoms with Crippen molar-refractivity contribution in [1.29, 1.82) is 0 Å². The number of allylic oxidation sites excluding steroid dienone is 2. The molecule has 0 bridgehead atoms. The molecule has 2 N–H and O–H groups in total. The van der Waals surface area contributed by atoms with E-state index in [0.717, 1.165) is 37.8 Å². The number of piperazine rings is 1. The lowest BCUT2D eigenvalue weighted by Crippen LogP contribution is -2.47. The van der Waals surface area contributed by atoms with Gasteiger partial charge in [0.1, 0.15) is 0 Å². The van der Waals surface area contributed by atoms with Gasteiger partial charge in [-0.15, -0.1) is 0 Å². The van der Waals surface area contributed by atoms with E-state index < -0.39 is 0 Å². The van der Waals surface area contributed by atoms with Crippen molar-refractivity contribution >= 4 is 16.9 Å². The van der Waals surface area contributed by atoms with Crippen LogP contribution in [0.15, 0.2) is 24.3 Å². The van der Waals surface area contributed by atoms with E-state index in [1.165, 1.54) is 55.5 Å². The zero-order valence-corrected chi connectivity index (χ0v) is 17.9. The van der Waals surface area contributed by atoms with E-state index in [1.807, 2.05) is 0 Å². The first-order valence-electron chi connectivity index (χ1n) is 11.0. The van der Waals surface area contributed by atoms with Crippen molar-refractivity contribution in [3.05, 3.63) is 29.8 Å². The lowest BCUT2D eigenvalue weighted by Gasteiger charge is -2.38. The molecule has 0 aromatic heterocycles. The summed E-state index contributed by atoms with van der Waals surface area (Å²) in [6.45, 7) is 15.1. The van der Waals surface area contributed by atoms with Crippen molar-refractivity contribution in [2.45, 2.75) is 59.8 Å². The molecule has 3 heteroatoms. The van der Waals surface area contributed by atoms with Crippen LogP contribution < -0.4 is 10.6 Å². The number of nitrogen functional groups attached to an aromatic ring is 1. The Morgan fingerprint density at radius 3 is 2.44 bits per heavy atom. The minimum atomic E-state index is 0.398. The number of rotatable bonds is 5. The normalized spacial score (nSPS) is 22.0. The third kappa shape index (κ3) is 4.87. The molecular formula is C24H39N3. The van der Waals surface area contributed by atoms with E-state index in [1.54, 1.807) is 0 Å². The average Bonchev–Trinajstić information content (AvgIpc) is 2.66. The largest absolute Gasteiger partial charge is 0.397 e. The summed E-state index contributed by atoms with van der Waals surface area (Å²) in [5.74, 6) is 0.785. The van der Waals surface area contributed by atoms with Crippen LogP contribution in [0.2, 0.25) is 0 Å². The highest BCUT2D eigenvalue weighted by Crippen LogP contribution is 2.42. The van der Waals surface area contributed by atoms with Crippen molar-refractivity contribution in [3.63, 3.8) is 0 Å². The summed E-state index contributed by atoms with van der Waals surface area (Å²) < 4.78 is 0. The van der Waals surface area contributed by atoms with E-state index in [9.17, 15) is 0 Å². The highest BCUT2D eigenvalue weighted by Gasteiger charge is 2.28. The second kappa shape index (κ2) is 8.68. The lowest BCUT2D eigenvalue weighted by atomic mass is 9.72. The molecule has 1 heterocycles. The third-order valence-electron chi connectivity index (χ3n) is 6.57. The molecule has 3 nitrogen and oxygen atoms in total. The maximum absolute atomic E-state index is 6.49. The maximum atomic E-state index is 6.49. The second-order valence-corrected chi connectivity index (χ2v) is 9.49. The molecule has 1 aliphatic heterocycles. The van der Waals surface area contributed by atoms with Gasteiger partial charge in [-0.05, 0) is 55.2 Å². The van der Waals surface area contributed by atoms with Crippen LogP contribution in [0.3, 0.4) is 0 Å². The zero-order valence-electron chi connectivity index (χ0n) is 17.9. The van der Waals surface area contributed by atoms with Gasteiger partial charge in [0.05, 0.1) is 11.4 Å². The molecule has 1 saturated heterocycles. The van der Waals surface area contributed by atoms with Crippen molar-refractivity contribution in [1.82, 2.24) is 4.90 Å². The number of para-hydroxylation sites is 1. The van der Waals surface area contributed by atoms with Crippen LogP contribution in [0.4, 0.5) is 11.4 Å². The fraction of sp³-hybridized carbons (Fsp3) is 0.667. The Labute approximate surface area is 166 Å². The van der Waals surface area contributed by atoms with E-state index in [-0.39, 0.29) is 0 Å². The summed E-state index contributed by atoms with van der Waals surface area (Å²) in [5.41, 5.74) is 12.0. The van der Waals surface area contributed by atoms with Gasteiger partial charge in [0, 0.05) is 31.7 Å². The molecule has 3 rings (SSSR count). The van der Waals surface area contributed by atoms with E-state index >= 15 is 0 Å². The molecule has 0 saturated carbocycles. The number of unbranched alkanes of at least 4 members (excludes halogenated alkanes) is 1. The molecule has 1 unspecified atom stereocenters. The van der Waals surface area contributed by atoms with Gasteiger partial charge in [0.15, 0.2) is 0 Å². The molecule has 0 amide bonds. The summed E-state index contributed by atoms with van der Waals surface area (Å²) >= 11 is 0. The van der Waals surface area contributed by atoms with Gasteiger partial charge in [0.25, 0.3) is 0 Å². The van der Waals surface area contributed by atoms with Crippen LogP contribution in [0.25, 0.3) is 5.57 Å². The SMILES string of the molecule is CCCCN1CCN(c2c(N)cccc2C2=CCC(C(C)(C)C)CC2)CC1. The van der Waals surface area contributed by atoms with Crippen LogP contribution in [-0.2, 0) is 0 Å². The van der Waals surface area contributed by atoms with E-state index in [2.05, 4.69) is 61.8 Å². The molecule has 0 radical (unpaired) electrons. The first-order chi connectivity index (χ1) is 12.9. The highest BCUT2D eigenvalue weighted by atomic mass is 15.3. The Hall–Kier alpha value is -1.48. The fourth-order valence-electron chi connectivity index (χ4n) is 4.62. The Bertz CT molecular complexity index is 648. The zero-order chi connectivity index (χ0) is 19.4. The van der Waals surface area contributed by atoms with E-state index in [0.29, 0.717) is 5.41 Å². The summed E-state index contributed by atoms with van der Waals surface area (Å²) in [6.07, 6.45) is 8.73. The smallest absolute Gasteiger partial charge is 0.0677 e. The maximum Gasteiger partial charge on any atom is 0.0677 e. The first kappa shape index (κ1) is 20.3. The molecule has 1 aliphatic carbocycles. The van der Waals surface area contributed by atoms with Gasteiger partial charge < -0.3 is 10.6 Å². The highest BCUT2D eigenvalue weighted by molar-refractivity contribution is 5.85. The standard InChI is InChI=1S/C24H39N3/c1-5-6-14-26-15-17-27(18-16-26)23-21(8-7-9-22(23)25)19-10-12-20(13-11-19)24(2,3)4/h7-10,20H,5-6,11-18,25H2,1-4H3. The van der Waals surface area contributed by atoms with Crippen LogP contribution in [-0.4, -0.2) is 37.6 Å². The predicted molar refractivity (Wildman–Crippen MR) is 119 cm³/mol. The quantitative estimate of drug-likeness (QED) is 0.703. The summed E-state index contributed by atoms with van der Waals surface area (Å²) in [5, 5.41) is 0. The van der Waals surface area contributed by atoms with Crippen LogP contribution in [0.1, 0.15) is 65.4 Å². The van der Waals surface area contributed by atoms with Crippen LogP contribution >= 0.6 is 0 Å². The molecule has 1 atom stereocenters. The number of hydrogen-bond donors (Lipinski definition) is 1. The number of nitrogens with two attached hydrogens (primary N) is 1. The van der Waals surface area contributed by atoms with Gasteiger partial charge >= 0.3 is 0 Å².